The Morgan fingerprint density at radius 2 is 2.15 bits per heavy atom. The Balaban J connectivity index is 1.64. The van der Waals surface area contributed by atoms with E-state index in [9.17, 15) is 4.79 Å². The maximum absolute atomic E-state index is 12.1. The van der Waals surface area contributed by atoms with Gasteiger partial charge >= 0.3 is 0 Å². The highest BCUT2D eigenvalue weighted by Gasteiger charge is 2.17. The molecule has 0 spiro atoms. The number of para-hydroxylation sites is 1. The standard InChI is InChI=1S/C17H20N2O/c20-16(10-13-4-3-9-18-12-13)11-15-8-7-14-5-1-2-6-17(14)19-15/h1-2,5-8,13,18H,3-4,9-12H2. The monoisotopic (exact) mass is 268 g/mol. The van der Waals surface area contributed by atoms with Crippen LogP contribution in [0.5, 0.6) is 0 Å². The number of piperidine rings is 1. The molecule has 1 unspecified atom stereocenters. The average Bonchev–Trinajstić information content (AvgIpc) is 2.48. The molecule has 20 heavy (non-hydrogen) atoms. The van der Waals surface area contributed by atoms with Gasteiger partial charge in [0.25, 0.3) is 0 Å². The molecule has 1 aliphatic rings. The van der Waals surface area contributed by atoms with Crippen LogP contribution in [0, 0.1) is 5.92 Å². The Hall–Kier alpha value is -1.74. The number of nitrogens with one attached hydrogen (secondary N) is 1. The smallest absolute Gasteiger partial charge is 0.139 e. The van der Waals surface area contributed by atoms with Gasteiger partial charge in [0.1, 0.15) is 5.78 Å². The largest absolute Gasteiger partial charge is 0.316 e. The van der Waals surface area contributed by atoms with E-state index in [1.807, 2.05) is 36.4 Å². The maximum atomic E-state index is 12.1. The Labute approximate surface area is 119 Å². The van der Waals surface area contributed by atoms with Gasteiger partial charge in [-0.3, -0.25) is 9.78 Å². The van der Waals surface area contributed by atoms with Crippen molar-refractivity contribution in [2.24, 2.45) is 5.92 Å². The molecule has 3 nitrogen and oxygen atoms in total. The number of nitrogens with zero attached hydrogens (tertiary/aromatic N) is 1. The van der Waals surface area contributed by atoms with Gasteiger partial charge in [-0.05, 0) is 44.0 Å². The van der Waals surface area contributed by atoms with Crippen molar-refractivity contribution < 1.29 is 4.79 Å². The fraction of sp³-hybridized carbons (Fsp3) is 0.412. The zero-order chi connectivity index (χ0) is 13.8. The highest BCUT2D eigenvalue weighted by Crippen LogP contribution is 2.17. The van der Waals surface area contributed by atoms with Gasteiger partial charge in [0.15, 0.2) is 0 Å². The predicted molar refractivity (Wildman–Crippen MR) is 80.7 cm³/mol. The normalized spacial score (nSPS) is 19.1. The molecule has 0 bridgehead atoms. The van der Waals surface area contributed by atoms with Crippen LogP contribution < -0.4 is 5.32 Å². The molecule has 1 aromatic heterocycles. The number of aromatic nitrogens is 1. The lowest BCUT2D eigenvalue weighted by Gasteiger charge is -2.21. The van der Waals surface area contributed by atoms with Crippen LogP contribution in [0.3, 0.4) is 0 Å². The van der Waals surface area contributed by atoms with Crippen LogP contribution in [0.1, 0.15) is 25.0 Å². The third-order valence-electron chi connectivity index (χ3n) is 3.95. The van der Waals surface area contributed by atoms with E-state index >= 15 is 0 Å². The molecule has 2 aromatic rings. The molecule has 1 N–H and O–H groups in total. The number of carbonyl (C=O) groups excluding carboxylic acids is 1. The van der Waals surface area contributed by atoms with Gasteiger partial charge in [0.2, 0.25) is 0 Å². The summed E-state index contributed by atoms with van der Waals surface area (Å²) in [6.45, 7) is 2.08. The first-order valence-corrected chi connectivity index (χ1v) is 7.38. The number of benzene rings is 1. The number of hydrogen-bond donors (Lipinski definition) is 1. The minimum absolute atomic E-state index is 0.307. The third-order valence-corrected chi connectivity index (χ3v) is 3.95. The van der Waals surface area contributed by atoms with Crippen molar-refractivity contribution in [3.05, 3.63) is 42.1 Å². The molecule has 2 heterocycles. The number of Topliss-reactive ketones (excluding diaryl/α,β-unsaturated/α-hetero) is 1. The van der Waals surface area contributed by atoms with Crippen molar-refractivity contribution in [1.82, 2.24) is 10.3 Å². The summed E-state index contributed by atoms with van der Waals surface area (Å²) < 4.78 is 0. The van der Waals surface area contributed by atoms with Crippen LogP contribution in [-0.4, -0.2) is 23.9 Å². The topological polar surface area (TPSA) is 42.0 Å². The van der Waals surface area contributed by atoms with E-state index in [4.69, 9.17) is 0 Å². The second-order valence-electron chi connectivity index (χ2n) is 5.63. The highest BCUT2D eigenvalue weighted by atomic mass is 16.1. The van der Waals surface area contributed by atoms with Gasteiger partial charge in [0, 0.05) is 23.9 Å². The molecule has 3 rings (SSSR count). The lowest BCUT2D eigenvalue weighted by Crippen LogP contribution is -2.31. The first kappa shape index (κ1) is 13.3. The molecule has 1 fully saturated rings. The van der Waals surface area contributed by atoms with E-state index in [2.05, 4.69) is 10.3 Å². The fourth-order valence-electron chi connectivity index (χ4n) is 2.90. The number of hydrogen-bond acceptors (Lipinski definition) is 3. The molecule has 1 aromatic carbocycles. The molecule has 0 amide bonds. The van der Waals surface area contributed by atoms with Crippen LogP contribution in [0.4, 0.5) is 0 Å². The minimum atomic E-state index is 0.307. The first-order valence-electron chi connectivity index (χ1n) is 7.38. The zero-order valence-corrected chi connectivity index (χ0v) is 11.6. The second-order valence-corrected chi connectivity index (χ2v) is 5.63. The van der Waals surface area contributed by atoms with Crippen LogP contribution in [-0.2, 0) is 11.2 Å². The zero-order valence-electron chi connectivity index (χ0n) is 11.6. The summed E-state index contributed by atoms with van der Waals surface area (Å²) in [5.41, 5.74) is 1.86. The summed E-state index contributed by atoms with van der Waals surface area (Å²) in [4.78, 5) is 16.7. The van der Waals surface area contributed by atoms with E-state index in [-0.39, 0.29) is 0 Å². The third kappa shape index (κ3) is 3.23. The van der Waals surface area contributed by atoms with Gasteiger partial charge < -0.3 is 5.32 Å². The molecule has 3 heteroatoms. The average molecular weight is 268 g/mol. The van der Waals surface area contributed by atoms with Gasteiger partial charge in [-0.15, -0.1) is 0 Å². The van der Waals surface area contributed by atoms with Crippen molar-refractivity contribution in [2.45, 2.75) is 25.7 Å². The summed E-state index contributed by atoms with van der Waals surface area (Å²) in [5.74, 6) is 0.818. The van der Waals surface area contributed by atoms with E-state index in [1.54, 1.807) is 0 Å². The fourth-order valence-corrected chi connectivity index (χ4v) is 2.90. The predicted octanol–water partition coefficient (Wildman–Crippen LogP) is 2.74. The van der Waals surface area contributed by atoms with Crippen molar-refractivity contribution in [2.75, 3.05) is 13.1 Å². The Morgan fingerprint density at radius 1 is 1.25 bits per heavy atom. The second kappa shape index (κ2) is 6.14. The van der Waals surface area contributed by atoms with Crippen LogP contribution in [0.15, 0.2) is 36.4 Å². The SMILES string of the molecule is O=C(Cc1ccc2ccccc2n1)CC1CCCNC1. The van der Waals surface area contributed by atoms with Crippen molar-refractivity contribution >= 4 is 16.7 Å². The Morgan fingerprint density at radius 3 is 3.00 bits per heavy atom. The summed E-state index contributed by atoms with van der Waals surface area (Å²) >= 11 is 0. The molecule has 1 aliphatic heterocycles. The van der Waals surface area contributed by atoms with Crippen LogP contribution in [0.2, 0.25) is 0 Å². The molecular weight excluding hydrogens is 248 g/mol. The van der Waals surface area contributed by atoms with Crippen LogP contribution >= 0.6 is 0 Å². The number of ketones is 1. The number of fused-ring (bicyclic) bond motifs is 1. The molecule has 1 saturated heterocycles. The summed E-state index contributed by atoms with van der Waals surface area (Å²) in [5, 5.41) is 4.49. The molecule has 0 aliphatic carbocycles. The van der Waals surface area contributed by atoms with Gasteiger partial charge in [-0.25, -0.2) is 0 Å². The molecule has 104 valence electrons. The van der Waals surface area contributed by atoms with Crippen molar-refractivity contribution in [1.29, 1.82) is 0 Å². The van der Waals surface area contributed by atoms with Gasteiger partial charge in [-0.1, -0.05) is 24.3 Å². The number of rotatable bonds is 4. The van der Waals surface area contributed by atoms with Crippen LogP contribution in [0.25, 0.3) is 10.9 Å². The van der Waals surface area contributed by atoms with E-state index < -0.39 is 0 Å². The Kier molecular flexibility index (Phi) is 4.07. The molecule has 1 atom stereocenters. The minimum Gasteiger partial charge on any atom is -0.316 e. The molecule has 0 saturated carbocycles. The van der Waals surface area contributed by atoms with E-state index in [0.29, 0.717) is 24.5 Å². The highest BCUT2D eigenvalue weighted by molar-refractivity contribution is 5.83. The molecular formula is C17H20N2O. The molecule has 0 radical (unpaired) electrons. The first-order chi connectivity index (χ1) is 9.81. The van der Waals surface area contributed by atoms with Crippen molar-refractivity contribution in [3.8, 4) is 0 Å². The summed E-state index contributed by atoms with van der Waals surface area (Å²) in [6.07, 6.45) is 3.50. The van der Waals surface area contributed by atoms with Gasteiger partial charge in [-0.2, -0.15) is 0 Å². The lowest BCUT2D eigenvalue weighted by molar-refractivity contribution is -0.119. The lowest BCUT2D eigenvalue weighted by atomic mass is 9.93. The number of pyridine rings is 1. The number of carbonyl (C=O) groups is 1. The summed E-state index contributed by atoms with van der Waals surface area (Å²) in [7, 11) is 0. The Bertz CT molecular complexity index is 603. The quantitative estimate of drug-likeness (QED) is 0.927. The van der Waals surface area contributed by atoms with Gasteiger partial charge in [0.05, 0.1) is 5.52 Å². The van der Waals surface area contributed by atoms with E-state index in [1.165, 1.54) is 12.8 Å². The summed E-state index contributed by atoms with van der Waals surface area (Å²) in [6, 6.07) is 12.0. The van der Waals surface area contributed by atoms with E-state index in [0.717, 1.165) is 29.7 Å². The van der Waals surface area contributed by atoms with Crippen molar-refractivity contribution in [3.63, 3.8) is 0 Å². The maximum Gasteiger partial charge on any atom is 0.139 e.